The van der Waals surface area contributed by atoms with E-state index in [4.69, 9.17) is 0 Å². The third-order valence-electron chi connectivity index (χ3n) is 4.25. The van der Waals surface area contributed by atoms with Crippen LogP contribution < -0.4 is 5.32 Å². The Morgan fingerprint density at radius 3 is 2.83 bits per heavy atom. The number of nitriles is 1. The summed E-state index contributed by atoms with van der Waals surface area (Å²) in [7, 11) is 0. The number of aromatic nitrogens is 5. The number of benzene rings is 2. The minimum Gasteiger partial charge on any atom is -0.478 e. The highest BCUT2D eigenvalue weighted by atomic mass is 79.9. The fourth-order valence-electron chi connectivity index (χ4n) is 2.87. The molecule has 9 nitrogen and oxygen atoms in total. The highest BCUT2D eigenvalue weighted by molar-refractivity contribution is 9.10. The summed E-state index contributed by atoms with van der Waals surface area (Å²) >= 11 is 3.37. The number of halogens is 1. The highest BCUT2D eigenvalue weighted by Crippen LogP contribution is 2.28. The van der Waals surface area contributed by atoms with E-state index in [0.29, 0.717) is 22.3 Å². The summed E-state index contributed by atoms with van der Waals surface area (Å²) in [5.41, 5.74) is 2.87. The lowest BCUT2D eigenvalue weighted by Gasteiger charge is -2.09. The fraction of sp³-hybridized carbons (Fsp3) is 0. The Kier molecular flexibility index (Phi) is 5.19. The monoisotopic (exact) mass is 461 g/mol. The van der Waals surface area contributed by atoms with Crippen LogP contribution in [0.2, 0.25) is 0 Å². The van der Waals surface area contributed by atoms with E-state index >= 15 is 0 Å². The van der Waals surface area contributed by atoms with Gasteiger partial charge in [-0.3, -0.25) is 0 Å². The second-order valence-corrected chi connectivity index (χ2v) is 7.07. The van der Waals surface area contributed by atoms with E-state index in [0.717, 1.165) is 10.0 Å². The lowest BCUT2D eigenvalue weighted by Crippen LogP contribution is -2.00. The van der Waals surface area contributed by atoms with Crippen molar-refractivity contribution in [2.75, 3.05) is 5.32 Å². The van der Waals surface area contributed by atoms with Gasteiger partial charge in [0.1, 0.15) is 11.6 Å². The molecule has 0 atom stereocenters. The van der Waals surface area contributed by atoms with Crippen molar-refractivity contribution in [3.63, 3.8) is 0 Å². The molecular formula is C20H12BrN7O2. The average Bonchev–Trinajstić information content (AvgIpc) is 3.28. The van der Waals surface area contributed by atoms with Crippen LogP contribution in [0.1, 0.15) is 16.2 Å². The van der Waals surface area contributed by atoms with Crippen LogP contribution in [0.15, 0.2) is 59.2 Å². The van der Waals surface area contributed by atoms with Gasteiger partial charge in [0, 0.05) is 27.3 Å². The molecule has 0 amide bonds. The van der Waals surface area contributed by atoms with E-state index < -0.39 is 5.97 Å². The predicted molar refractivity (Wildman–Crippen MR) is 113 cm³/mol. The number of nitrogens with one attached hydrogen (secondary N) is 2. The van der Waals surface area contributed by atoms with Gasteiger partial charge in [-0.15, -0.1) is 10.2 Å². The number of hydrogen-bond donors (Lipinski definition) is 3. The molecule has 0 spiro atoms. The van der Waals surface area contributed by atoms with Gasteiger partial charge >= 0.3 is 5.97 Å². The van der Waals surface area contributed by atoms with Crippen LogP contribution in [0.25, 0.3) is 27.7 Å². The molecular weight excluding hydrogens is 450 g/mol. The van der Waals surface area contributed by atoms with Gasteiger partial charge < -0.3 is 10.4 Å². The van der Waals surface area contributed by atoms with Crippen molar-refractivity contribution >= 4 is 44.1 Å². The van der Waals surface area contributed by atoms with Crippen molar-refractivity contribution in [2.45, 2.75) is 0 Å². The maximum atomic E-state index is 11.8. The number of carbonyl (C=O) groups is 1. The number of anilines is 1. The second-order valence-electron chi connectivity index (χ2n) is 6.15. The maximum absolute atomic E-state index is 11.8. The van der Waals surface area contributed by atoms with Gasteiger partial charge in [0.15, 0.2) is 0 Å². The summed E-state index contributed by atoms with van der Waals surface area (Å²) < 4.78 is 0.778. The number of aromatic amines is 1. The number of rotatable bonds is 5. The Morgan fingerprint density at radius 1 is 1.23 bits per heavy atom. The second kappa shape index (κ2) is 8.10. The Balaban J connectivity index is 1.72. The van der Waals surface area contributed by atoms with Gasteiger partial charge in [-0.2, -0.15) is 10.5 Å². The van der Waals surface area contributed by atoms with Gasteiger partial charge in [0.2, 0.25) is 5.82 Å². The van der Waals surface area contributed by atoms with Crippen LogP contribution in [0, 0.1) is 11.3 Å². The number of H-pyrrole nitrogens is 1. The largest absolute Gasteiger partial charge is 0.478 e. The molecule has 0 bridgehead atoms. The molecule has 0 fully saturated rings. The molecule has 2 aromatic carbocycles. The Morgan fingerprint density at radius 2 is 2.10 bits per heavy atom. The zero-order chi connectivity index (χ0) is 21.1. The molecule has 2 aromatic heterocycles. The molecule has 0 unspecified atom stereocenters. The van der Waals surface area contributed by atoms with E-state index in [2.05, 4.69) is 46.9 Å². The number of nitrogens with zero attached hydrogens (tertiary/aromatic N) is 5. The zero-order valence-corrected chi connectivity index (χ0v) is 16.8. The van der Waals surface area contributed by atoms with Gasteiger partial charge in [-0.05, 0) is 41.6 Å². The number of allylic oxidation sites excluding steroid dienone is 1. The average molecular weight is 462 g/mol. The molecule has 10 heteroatoms. The number of hydrogen-bond acceptors (Lipinski definition) is 7. The van der Waals surface area contributed by atoms with Gasteiger partial charge in [0.25, 0.3) is 0 Å². The molecule has 4 rings (SSSR count). The van der Waals surface area contributed by atoms with Crippen LogP contribution >= 0.6 is 15.9 Å². The van der Waals surface area contributed by atoms with E-state index in [9.17, 15) is 15.2 Å². The summed E-state index contributed by atoms with van der Waals surface area (Å²) in [4.78, 5) is 16.4. The van der Waals surface area contributed by atoms with Gasteiger partial charge in [-0.1, -0.05) is 28.1 Å². The molecule has 0 aliphatic rings. The van der Waals surface area contributed by atoms with Crippen molar-refractivity contribution in [2.24, 2.45) is 0 Å². The minimum absolute atomic E-state index is 0.165. The van der Waals surface area contributed by atoms with Crippen molar-refractivity contribution in [1.82, 2.24) is 25.6 Å². The van der Waals surface area contributed by atoms with Gasteiger partial charge in [-0.25, -0.2) is 9.78 Å². The number of pyridine rings is 1. The Bertz CT molecular complexity index is 1330. The third kappa shape index (κ3) is 3.87. The summed E-state index contributed by atoms with van der Waals surface area (Å²) in [6.07, 6.45) is 1.47. The molecule has 0 aliphatic heterocycles. The highest BCUT2D eigenvalue weighted by Gasteiger charge is 2.14. The summed E-state index contributed by atoms with van der Waals surface area (Å²) in [6, 6.07) is 16.1. The third-order valence-corrected chi connectivity index (χ3v) is 4.74. The molecule has 3 N–H and O–H groups in total. The first kappa shape index (κ1) is 19.2. The Hall–Kier alpha value is -4.10. The lowest BCUT2D eigenvalue weighted by atomic mass is 10.0. The standard InChI is InChI=1S/C20H12BrN7O2/c21-13-4-5-17-15(7-13)16(20(29)30)8-18(24-17)11-2-1-3-14(6-11)23-10-12(9-22)19-25-27-28-26-19/h1-8,10,23H,(H,29,30)(H,25,26,27,28). The number of tetrazole rings is 1. The molecule has 146 valence electrons. The summed E-state index contributed by atoms with van der Waals surface area (Å²) in [5.74, 6) is -0.854. The fourth-order valence-corrected chi connectivity index (χ4v) is 3.23. The summed E-state index contributed by atoms with van der Waals surface area (Å²) in [5, 5.41) is 35.8. The minimum atomic E-state index is -1.03. The topological polar surface area (TPSA) is 140 Å². The number of carboxylic acid groups (broad SMARTS) is 1. The number of carboxylic acids is 1. The first-order valence-electron chi connectivity index (χ1n) is 8.60. The van der Waals surface area contributed by atoms with Crippen molar-refractivity contribution in [1.29, 1.82) is 5.26 Å². The maximum Gasteiger partial charge on any atom is 0.336 e. The first-order valence-corrected chi connectivity index (χ1v) is 9.39. The van der Waals surface area contributed by atoms with E-state index in [1.165, 1.54) is 6.20 Å². The zero-order valence-electron chi connectivity index (χ0n) is 15.2. The molecule has 0 saturated heterocycles. The van der Waals surface area contributed by atoms with Crippen molar-refractivity contribution < 1.29 is 9.90 Å². The molecule has 30 heavy (non-hydrogen) atoms. The first-order chi connectivity index (χ1) is 14.5. The van der Waals surface area contributed by atoms with Crippen LogP contribution in [0.5, 0.6) is 0 Å². The van der Waals surface area contributed by atoms with Crippen LogP contribution in [0.3, 0.4) is 0 Å². The van der Waals surface area contributed by atoms with Crippen LogP contribution in [-0.2, 0) is 0 Å². The van der Waals surface area contributed by atoms with Gasteiger partial charge in [0.05, 0.1) is 16.8 Å². The number of fused-ring (bicyclic) bond motifs is 1. The quantitative estimate of drug-likeness (QED) is 0.380. The number of aromatic carboxylic acids is 1. The van der Waals surface area contributed by atoms with E-state index in [1.807, 2.05) is 24.3 Å². The predicted octanol–water partition coefficient (Wildman–Crippen LogP) is 3.85. The summed E-state index contributed by atoms with van der Waals surface area (Å²) in [6.45, 7) is 0. The van der Waals surface area contributed by atoms with E-state index in [1.54, 1.807) is 30.3 Å². The SMILES string of the molecule is N#CC(=CNc1cccc(-c2cc(C(=O)O)c3cc(Br)ccc3n2)c1)c1nn[nH]n1. The molecule has 0 saturated carbocycles. The van der Waals surface area contributed by atoms with Crippen molar-refractivity contribution in [3.8, 4) is 17.3 Å². The van der Waals surface area contributed by atoms with Crippen molar-refractivity contribution in [3.05, 3.63) is 70.6 Å². The Labute approximate surface area is 178 Å². The van der Waals surface area contributed by atoms with Crippen LogP contribution in [0.4, 0.5) is 5.69 Å². The normalized spacial score (nSPS) is 11.3. The molecule has 0 radical (unpaired) electrons. The molecule has 4 aromatic rings. The van der Waals surface area contributed by atoms with E-state index in [-0.39, 0.29) is 17.0 Å². The lowest BCUT2D eigenvalue weighted by molar-refractivity contribution is 0.0699. The smallest absolute Gasteiger partial charge is 0.336 e. The van der Waals surface area contributed by atoms with Crippen LogP contribution in [-0.4, -0.2) is 36.7 Å². The molecule has 0 aliphatic carbocycles. The molecule has 2 heterocycles.